The zero-order valence-corrected chi connectivity index (χ0v) is 11.4. The highest BCUT2D eigenvalue weighted by Crippen LogP contribution is 2.30. The fourth-order valence-electron chi connectivity index (χ4n) is 2.56. The highest BCUT2D eigenvalue weighted by molar-refractivity contribution is 5.95. The van der Waals surface area contributed by atoms with Crippen LogP contribution >= 0.6 is 0 Å². The molecule has 0 atom stereocenters. The summed E-state index contributed by atoms with van der Waals surface area (Å²) in [7, 11) is 0. The van der Waals surface area contributed by atoms with Gasteiger partial charge in [-0.15, -0.1) is 0 Å². The van der Waals surface area contributed by atoms with Crippen molar-refractivity contribution >= 4 is 27.8 Å². The van der Waals surface area contributed by atoms with E-state index in [1.54, 1.807) is 36.9 Å². The molecule has 4 rings (SSSR count). The maximum absolute atomic E-state index is 9.14. The van der Waals surface area contributed by atoms with Gasteiger partial charge in [0.25, 0.3) is 0 Å². The van der Waals surface area contributed by atoms with Crippen molar-refractivity contribution in [3.8, 4) is 17.3 Å². The summed E-state index contributed by atoms with van der Waals surface area (Å²) in [5, 5.41) is 9.14. The van der Waals surface area contributed by atoms with E-state index in [1.165, 1.54) is 4.57 Å². The van der Waals surface area contributed by atoms with E-state index in [2.05, 4.69) is 21.1 Å². The van der Waals surface area contributed by atoms with Gasteiger partial charge in [0.15, 0.2) is 6.19 Å². The van der Waals surface area contributed by atoms with Crippen molar-refractivity contribution in [3.63, 3.8) is 0 Å². The van der Waals surface area contributed by atoms with Crippen molar-refractivity contribution in [3.05, 3.63) is 49.1 Å². The lowest BCUT2D eigenvalue weighted by Crippen LogP contribution is -1.93. The number of nitriles is 1. The molecule has 0 bridgehead atoms. The Morgan fingerprint density at radius 1 is 1.05 bits per heavy atom. The lowest BCUT2D eigenvalue weighted by molar-refractivity contribution is 1.15. The van der Waals surface area contributed by atoms with Crippen LogP contribution < -0.4 is 5.73 Å². The highest BCUT2D eigenvalue weighted by atomic mass is 15.0. The number of nitrogen functional groups attached to an aromatic ring is 1. The number of anilines is 1. The molecule has 0 unspecified atom stereocenters. The van der Waals surface area contributed by atoms with Gasteiger partial charge in [0.05, 0.1) is 22.1 Å². The molecular formula is C16H10N6. The van der Waals surface area contributed by atoms with E-state index >= 15 is 0 Å². The number of benzene rings is 1. The topological polar surface area (TPSA) is 93.4 Å². The highest BCUT2D eigenvalue weighted by Gasteiger charge is 2.10. The van der Waals surface area contributed by atoms with Gasteiger partial charge in [-0.3, -0.25) is 19.5 Å². The van der Waals surface area contributed by atoms with Gasteiger partial charge in [0, 0.05) is 41.6 Å². The van der Waals surface area contributed by atoms with E-state index in [1.807, 2.05) is 12.1 Å². The van der Waals surface area contributed by atoms with Crippen molar-refractivity contribution in [2.75, 3.05) is 5.73 Å². The number of nitrogens with two attached hydrogens (primary N) is 1. The molecule has 22 heavy (non-hydrogen) atoms. The number of rotatable bonds is 1. The summed E-state index contributed by atoms with van der Waals surface area (Å²) in [6, 6.07) is 7.35. The van der Waals surface area contributed by atoms with Crippen molar-refractivity contribution < 1.29 is 0 Å². The monoisotopic (exact) mass is 286 g/mol. The Bertz CT molecular complexity index is 1060. The fraction of sp³-hybridized carbons (Fsp3) is 0. The maximum Gasteiger partial charge on any atom is 0.188 e. The van der Waals surface area contributed by atoms with Gasteiger partial charge < -0.3 is 5.73 Å². The zero-order chi connectivity index (χ0) is 15.1. The van der Waals surface area contributed by atoms with Gasteiger partial charge in [0.2, 0.25) is 0 Å². The first-order valence-corrected chi connectivity index (χ1v) is 6.64. The molecule has 0 aliphatic rings. The average Bonchev–Trinajstić information content (AvgIpc) is 2.96. The molecule has 0 amide bonds. The number of aromatic nitrogens is 4. The molecule has 0 saturated carbocycles. The van der Waals surface area contributed by atoms with Crippen molar-refractivity contribution in [1.29, 1.82) is 5.26 Å². The molecule has 0 saturated heterocycles. The molecule has 0 radical (unpaired) electrons. The quantitative estimate of drug-likeness (QED) is 0.543. The van der Waals surface area contributed by atoms with Crippen LogP contribution in [0.5, 0.6) is 0 Å². The molecule has 104 valence electrons. The predicted molar refractivity (Wildman–Crippen MR) is 83.7 cm³/mol. The van der Waals surface area contributed by atoms with Crippen LogP contribution in [-0.2, 0) is 0 Å². The first kappa shape index (κ1) is 12.3. The van der Waals surface area contributed by atoms with Crippen LogP contribution in [0.3, 0.4) is 0 Å². The Balaban J connectivity index is 2.05. The summed E-state index contributed by atoms with van der Waals surface area (Å²) in [5.41, 5.74) is 11.3. The van der Waals surface area contributed by atoms with Gasteiger partial charge in [-0.2, -0.15) is 5.26 Å². The van der Waals surface area contributed by atoms with E-state index in [0.29, 0.717) is 5.69 Å². The molecule has 0 aliphatic heterocycles. The van der Waals surface area contributed by atoms with Crippen LogP contribution in [0.4, 0.5) is 5.69 Å². The average molecular weight is 286 g/mol. The number of pyridine rings is 1. The van der Waals surface area contributed by atoms with Crippen molar-refractivity contribution in [2.24, 2.45) is 0 Å². The lowest BCUT2D eigenvalue weighted by atomic mass is 10.0. The van der Waals surface area contributed by atoms with Gasteiger partial charge >= 0.3 is 0 Å². The molecule has 2 N–H and O–H groups in total. The summed E-state index contributed by atoms with van der Waals surface area (Å²) in [6.07, 6.45) is 8.83. The summed E-state index contributed by atoms with van der Waals surface area (Å²) in [4.78, 5) is 13.1. The molecule has 3 heterocycles. The summed E-state index contributed by atoms with van der Waals surface area (Å²) >= 11 is 0. The Labute approximate surface area is 125 Å². The second-order valence-corrected chi connectivity index (χ2v) is 4.91. The lowest BCUT2D eigenvalue weighted by Gasteiger charge is -2.07. The van der Waals surface area contributed by atoms with E-state index in [-0.39, 0.29) is 0 Å². The third-order valence-electron chi connectivity index (χ3n) is 3.55. The molecule has 3 aromatic heterocycles. The predicted octanol–water partition coefficient (Wildman–Crippen LogP) is 2.56. The SMILES string of the molecule is N#Cn1ccc2ncc(-c3cc(N)cc4nccnc34)cc21. The van der Waals surface area contributed by atoms with E-state index in [9.17, 15) is 0 Å². The minimum Gasteiger partial charge on any atom is -0.399 e. The van der Waals surface area contributed by atoms with Gasteiger partial charge in [-0.05, 0) is 24.3 Å². The van der Waals surface area contributed by atoms with Crippen LogP contribution in [0.1, 0.15) is 0 Å². The van der Waals surface area contributed by atoms with Crippen LogP contribution in [0.2, 0.25) is 0 Å². The fourth-order valence-corrected chi connectivity index (χ4v) is 2.56. The smallest absolute Gasteiger partial charge is 0.188 e. The molecule has 4 aromatic rings. The minimum atomic E-state index is 0.610. The van der Waals surface area contributed by atoms with Gasteiger partial charge in [-0.25, -0.2) is 0 Å². The van der Waals surface area contributed by atoms with E-state index in [4.69, 9.17) is 11.0 Å². The Kier molecular flexibility index (Phi) is 2.53. The Morgan fingerprint density at radius 3 is 2.77 bits per heavy atom. The Morgan fingerprint density at radius 2 is 1.91 bits per heavy atom. The summed E-state index contributed by atoms with van der Waals surface area (Å²) < 4.78 is 1.48. The molecule has 6 nitrogen and oxygen atoms in total. The van der Waals surface area contributed by atoms with Gasteiger partial charge in [0.1, 0.15) is 0 Å². The third kappa shape index (κ3) is 1.77. The molecule has 0 spiro atoms. The molecule has 0 aliphatic carbocycles. The van der Waals surface area contributed by atoms with Crippen LogP contribution in [0, 0.1) is 11.5 Å². The van der Waals surface area contributed by atoms with Crippen molar-refractivity contribution in [2.45, 2.75) is 0 Å². The van der Waals surface area contributed by atoms with Crippen LogP contribution in [0.25, 0.3) is 33.2 Å². The normalized spacial score (nSPS) is 10.9. The second-order valence-electron chi connectivity index (χ2n) is 4.91. The van der Waals surface area contributed by atoms with Crippen LogP contribution in [0.15, 0.2) is 49.1 Å². The molecule has 0 fully saturated rings. The number of hydrogen-bond acceptors (Lipinski definition) is 5. The zero-order valence-electron chi connectivity index (χ0n) is 11.4. The minimum absolute atomic E-state index is 0.610. The number of nitrogens with zero attached hydrogens (tertiary/aromatic N) is 5. The van der Waals surface area contributed by atoms with E-state index < -0.39 is 0 Å². The molecule has 6 heteroatoms. The standard InChI is InChI=1S/C16H10N6/c17-9-22-4-1-13-15(22)5-10(8-21-13)12-6-11(18)7-14-16(12)20-3-2-19-14/h1-8H,18H2. The largest absolute Gasteiger partial charge is 0.399 e. The number of hydrogen-bond donors (Lipinski definition) is 1. The van der Waals surface area contributed by atoms with Crippen LogP contribution in [-0.4, -0.2) is 19.5 Å². The maximum atomic E-state index is 9.14. The summed E-state index contributed by atoms with van der Waals surface area (Å²) in [6.45, 7) is 0. The summed E-state index contributed by atoms with van der Waals surface area (Å²) in [5.74, 6) is 0. The molecular weight excluding hydrogens is 276 g/mol. The van der Waals surface area contributed by atoms with Crippen molar-refractivity contribution in [1.82, 2.24) is 19.5 Å². The first-order chi connectivity index (χ1) is 10.8. The first-order valence-electron chi connectivity index (χ1n) is 6.64. The van der Waals surface area contributed by atoms with E-state index in [0.717, 1.165) is 33.2 Å². The number of fused-ring (bicyclic) bond motifs is 2. The third-order valence-corrected chi connectivity index (χ3v) is 3.55. The Hall–Kier alpha value is -3.46. The van der Waals surface area contributed by atoms with Gasteiger partial charge in [-0.1, -0.05) is 0 Å². The molecule has 1 aromatic carbocycles. The second kappa shape index (κ2) is 4.53.